The first kappa shape index (κ1) is 16.1. The predicted octanol–water partition coefficient (Wildman–Crippen LogP) is 5.10. The van der Waals surface area contributed by atoms with Crippen LogP contribution in [0, 0.1) is 5.82 Å². The molecule has 0 aliphatic carbocycles. The minimum Gasteiger partial charge on any atom is -0.331 e. The summed E-state index contributed by atoms with van der Waals surface area (Å²) in [6, 6.07) is 8.87. The molecule has 2 aromatic carbocycles. The van der Waals surface area contributed by atoms with Crippen LogP contribution in [0.3, 0.4) is 0 Å². The molecule has 0 radical (unpaired) electrons. The molecule has 2 rings (SSSR count). The fraction of sp³-hybridized carbons (Fsp3) is 0. The molecule has 2 aromatic rings. The maximum Gasteiger partial charge on any atom is 0.189 e. The molecule has 0 aliphatic rings. The van der Waals surface area contributed by atoms with Gasteiger partial charge in [-0.1, -0.05) is 34.8 Å². The molecule has 0 aromatic heterocycles. The van der Waals surface area contributed by atoms with E-state index in [-0.39, 0.29) is 10.9 Å². The Hall–Kier alpha value is -1.27. The molecule has 0 heterocycles. The van der Waals surface area contributed by atoms with E-state index in [4.69, 9.17) is 47.0 Å². The highest BCUT2D eigenvalue weighted by atomic mass is 35.5. The molecule has 0 unspecified atom stereocenters. The van der Waals surface area contributed by atoms with Crippen molar-refractivity contribution in [2.24, 2.45) is 0 Å². The van der Waals surface area contributed by atoms with Crippen LogP contribution in [0.2, 0.25) is 15.1 Å². The molecule has 3 N–H and O–H groups in total. The quantitative estimate of drug-likeness (QED) is 0.523. The van der Waals surface area contributed by atoms with E-state index in [1.807, 2.05) is 0 Å². The summed E-state index contributed by atoms with van der Waals surface area (Å²) in [5.41, 5.74) is 6.61. The molecule has 0 saturated carbocycles. The van der Waals surface area contributed by atoms with Gasteiger partial charge in [0.05, 0.1) is 15.7 Å². The molecule has 0 amide bonds. The molecule has 3 nitrogen and oxygen atoms in total. The number of thiocarbonyl (C=S) groups is 1. The number of rotatable bonds is 3. The number of nitrogens with one attached hydrogen (secondary N) is 3. The first-order valence-electron chi connectivity index (χ1n) is 5.69. The van der Waals surface area contributed by atoms with Crippen molar-refractivity contribution in [3.63, 3.8) is 0 Å². The second kappa shape index (κ2) is 7.13. The van der Waals surface area contributed by atoms with Gasteiger partial charge in [-0.2, -0.15) is 0 Å². The Morgan fingerprint density at radius 3 is 2.14 bits per heavy atom. The van der Waals surface area contributed by atoms with Crippen molar-refractivity contribution < 1.29 is 4.39 Å². The van der Waals surface area contributed by atoms with E-state index in [1.54, 1.807) is 24.3 Å². The monoisotopic (exact) mass is 363 g/mol. The van der Waals surface area contributed by atoms with Crippen molar-refractivity contribution in [3.05, 3.63) is 57.3 Å². The van der Waals surface area contributed by atoms with Gasteiger partial charge in [-0.3, -0.25) is 10.9 Å². The van der Waals surface area contributed by atoms with Gasteiger partial charge in [0.15, 0.2) is 5.11 Å². The second-order valence-electron chi connectivity index (χ2n) is 3.96. The summed E-state index contributed by atoms with van der Waals surface area (Å²) in [5, 5.41) is 4.27. The fourth-order valence-corrected chi connectivity index (χ4v) is 2.56. The van der Waals surface area contributed by atoms with E-state index in [9.17, 15) is 4.39 Å². The summed E-state index contributed by atoms with van der Waals surface area (Å²) in [6.07, 6.45) is 0. The van der Waals surface area contributed by atoms with E-state index in [0.717, 1.165) is 0 Å². The highest BCUT2D eigenvalue weighted by Crippen LogP contribution is 2.33. The maximum atomic E-state index is 12.8. The van der Waals surface area contributed by atoms with E-state index in [1.165, 1.54) is 12.1 Å². The summed E-state index contributed by atoms with van der Waals surface area (Å²) < 4.78 is 12.8. The first-order chi connectivity index (χ1) is 9.95. The van der Waals surface area contributed by atoms with Crippen LogP contribution in [0.1, 0.15) is 0 Å². The second-order valence-corrected chi connectivity index (χ2v) is 5.61. The van der Waals surface area contributed by atoms with Gasteiger partial charge in [0.2, 0.25) is 0 Å². The Bertz CT molecular complexity index is 641. The van der Waals surface area contributed by atoms with Crippen LogP contribution in [-0.2, 0) is 0 Å². The Labute approximate surface area is 141 Å². The van der Waals surface area contributed by atoms with Gasteiger partial charge < -0.3 is 5.32 Å². The number of benzene rings is 2. The standard InChI is InChI=1S/C13H9Cl3FN3S/c14-7-5-10(15)12(11(16)6-7)19-20-13(21)18-9-3-1-8(17)2-4-9/h1-6,19H,(H2,18,20,21). The zero-order valence-electron chi connectivity index (χ0n) is 10.4. The van der Waals surface area contributed by atoms with Crippen LogP contribution < -0.4 is 16.2 Å². The largest absolute Gasteiger partial charge is 0.331 e. The number of hydrazine groups is 1. The summed E-state index contributed by atoms with van der Waals surface area (Å²) in [4.78, 5) is 0. The SMILES string of the molecule is Fc1ccc(NC(=S)NNc2c(Cl)cc(Cl)cc2Cl)cc1. The van der Waals surface area contributed by atoms with Crippen LogP contribution in [-0.4, -0.2) is 5.11 Å². The highest BCUT2D eigenvalue weighted by Gasteiger charge is 2.08. The molecule has 0 atom stereocenters. The maximum absolute atomic E-state index is 12.8. The van der Waals surface area contributed by atoms with Crippen molar-refractivity contribution in [3.8, 4) is 0 Å². The zero-order valence-corrected chi connectivity index (χ0v) is 13.5. The average molecular weight is 365 g/mol. The summed E-state index contributed by atoms with van der Waals surface area (Å²) in [6.45, 7) is 0. The molecule has 21 heavy (non-hydrogen) atoms. The minimum absolute atomic E-state index is 0.267. The molecule has 0 bridgehead atoms. The molecule has 0 saturated heterocycles. The topological polar surface area (TPSA) is 36.1 Å². The summed E-state index contributed by atoms with van der Waals surface area (Å²) in [5.74, 6) is -0.322. The molecular formula is C13H9Cl3FN3S. The molecule has 0 aliphatic heterocycles. The normalized spacial score (nSPS) is 10.1. The summed E-state index contributed by atoms with van der Waals surface area (Å²) >= 11 is 22.9. The first-order valence-corrected chi connectivity index (χ1v) is 7.23. The van der Waals surface area contributed by atoms with Crippen molar-refractivity contribution in [2.45, 2.75) is 0 Å². The third-order valence-electron chi connectivity index (χ3n) is 2.41. The molecule has 0 spiro atoms. The Morgan fingerprint density at radius 2 is 1.57 bits per heavy atom. The Balaban J connectivity index is 1.97. The Morgan fingerprint density at radius 1 is 1.00 bits per heavy atom. The lowest BCUT2D eigenvalue weighted by Gasteiger charge is -2.14. The van der Waals surface area contributed by atoms with Crippen molar-refractivity contribution in [1.29, 1.82) is 0 Å². The molecular weight excluding hydrogens is 356 g/mol. The van der Waals surface area contributed by atoms with Gasteiger partial charge >= 0.3 is 0 Å². The number of anilines is 2. The van der Waals surface area contributed by atoms with E-state index < -0.39 is 0 Å². The average Bonchev–Trinajstić information content (AvgIpc) is 2.40. The van der Waals surface area contributed by atoms with Crippen LogP contribution >= 0.6 is 47.0 Å². The highest BCUT2D eigenvalue weighted by molar-refractivity contribution is 7.80. The lowest BCUT2D eigenvalue weighted by atomic mass is 10.3. The van der Waals surface area contributed by atoms with Gasteiger partial charge in [0, 0.05) is 10.7 Å². The number of hydrogen-bond acceptors (Lipinski definition) is 2. The third kappa shape index (κ3) is 4.61. The van der Waals surface area contributed by atoms with Crippen molar-refractivity contribution in [1.82, 2.24) is 5.43 Å². The van der Waals surface area contributed by atoms with E-state index in [2.05, 4.69) is 16.2 Å². The summed E-state index contributed by atoms with van der Waals surface area (Å²) in [7, 11) is 0. The van der Waals surface area contributed by atoms with Gasteiger partial charge in [-0.15, -0.1) is 0 Å². The van der Waals surface area contributed by atoms with Crippen LogP contribution in [0.4, 0.5) is 15.8 Å². The van der Waals surface area contributed by atoms with E-state index >= 15 is 0 Å². The number of hydrogen-bond donors (Lipinski definition) is 3. The van der Waals surface area contributed by atoms with Crippen molar-refractivity contribution >= 4 is 63.5 Å². The smallest absolute Gasteiger partial charge is 0.189 e. The fourth-order valence-electron chi connectivity index (χ4n) is 1.48. The van der Waals surface area contributed by atoms with Crippen LogP contribution in [0.5, 0.6) is 0 Å². The van der Waals surface area contributed by atoms with Gasteiger partial charge in [-0.25, -0.2) is 4.39 Å². The zero-order chi connectivity index (χ0) is 15.4. The van der Waals surface area contributed by atoms with Crippen LogP contribution in [0.25, 0.3) is 0 Å². The number of halogens is 4. The van der Waals surface area contributed by atoms with Crippen molar-refractivity contribution in [2.75, 3.05) is 10.7 Å². The Kier molecular flexibility index (Phi) is 5.47. The lowest BCUT2D eigenvalue weighted by Crippen LogP contribution is -2.33. The van der Waals surface area contributed by atoms with Gasteiger partial charge in [0.1, 0.15) is 5.82 Å². The van der Waals surface area contributed by atoms with Gasteiger partial charge in [-0.05, 0) is 48.6 Å². The molecule has 110 valence electrons. The third-order valence-corrected chi connectivity index (χ3v) is 3.43. The van der Waals surface area contributed by atoms with Crippen LogP contribution in [0.15, 0.2) is 36.4 Å². The van der Waals surface area contributed by atoms with Gasteiger partial charge in [0.25, 0.3) is 0 Å². The molecule has 0 fully saturated rings. The van der Waals surface area contributed by atoms with E-state index in [0.29, 0.717) is 26.4 Å². The predicted molar refractivity (Wildman–Crippen MR) is 90.9 cm³/mol. The minimum atomic E-state index is -0.322. The lowest BCUT2D eigenvalue weighted by molar-refractivity contribution is 0.628. The molecule has 8 heteroatoms.